The summed E-state index contributed by atoms with van der Waals surface area (Å²) in [6.45, 7) is 0. The van der Waals surface area contributed by atoms with Crippen molar-refractivity contribution in [2.45, 2.75) is 37.7 Å². The van der Waals surface area contributed by atoms with E-state index in [0.717, 1.165) is 16.7 Å². The highest BCUT2D eigenvalue weighted by molar-refractivity contribution is 5.79. The molecule has 5 rings (SSSR count). The van der Waals surface area contributed by atoms with Crippen LogP contribution < -0.4 is 10.4 Å². The van der Waals surface area contributed by atoms with Gasteiger partial charge in [0.2, 0.25) is 0 Å². The Kier molecular flexibility index (Phi) is 7.23. The monoisotopic (exact) mass is 476 g/mol. The van der Waals surface area contributed by atoms with Gasteiger partial charge in [0.15, 0.2) is 0 Å². The quantitative estimate of drug-likeness (QED) is 0.284. The molecule has 2 heterocycles. The first-order valence-corrected chi connectivity index (χ1v) is 12.3. The van der Waals surface area contributed by atoms with E-state index in [1.807, 2.05) is 97.1 Å². The molecule has 0 unspecified atom stereocenters. The first-order valence-electron chi connectivity index (χ1n) is 12.3. The maximum Gasteiger partial charge on any atom is 0.343 e. The van der Waals surface area contributed by atoms with Crippen molar-refractivity contribution in [2.75, 3.05) is 0 Å². The second-order valence-corrected chi connectivity index (χ2v) is 9.13. The Morgan fingerprint density at radius 2 is 1.53 bits per heavy atom. The van der Waals surface area contributed by atoms with Gasteiger partial charge in [0.05, 0.1) is 5.56 Å². The number of aryl methyl sites for hydroxylation is 1. The second kappa shape index (κ2) is 11.0. The minimum Gasteiger partial charge on any atom is -0.489 e. The molecule has 0 saturated carbocycles. The Balaban J connectivity index is 1.39. The molecule has 0 radical (unpaired) electrons. The van der Waals surface area contributed by atoms with Gasteiger partial charge in [0.25, 0.3) is 0 Å². The summed E-state index contributed by atoms with van der Waals surface area (Å²) in [6, 6.07) is 31.5. The fourth-order valence-corrected chi connectivity index (χ4v) is 4.74. The Morgan fingerprint density at radius 3 is 2.25 bits per heavy atom. The molecule has 0 aliphatic carbocycles. The number of ketones is 1. The number of hydrogen-bond donors (Lipinski definition) is 0. The molecular formula is C32H28O4. The molecule has 3 aromatic carbocycles. The van der Waals surface area contributed by atoms with Crippen molar-refractivity contribution < 1.29 is 13.9 Å². The van der Waals surface area contributed by atoms with Gasteiger partial charge in [-0.1, -0.05) is 97.1 Å². The van der Waals surface area contributed by atoms with Crippen LogP contribution in [0.2, 0.25) is 0 Å². The zero-order valence-electron chi connectivity index (χ0n) is 20.0. The summed E-state index contributed by atoms with van der Waals surface area (Å²) < 4.78 is 11.9. The number of rotatable bonds is 8. The third-order valence-electron chi connectivity index (χ3n) is 6.54. The third-order valence-corrected chi connectivity index (χ3v) is 6.54. The Bertz CT molecular complexity index is 1390. The molecule has 0 bridgehead atoms. The number of fused-ring (bicyclic) bond motifs is 1. The van der Waals surface area contributed by atoms with Crippen LogP contribution in [0.3, 0.4) is 0 Å². The van der Waals surface area contributed by atoms with Crippen molar-refractivity contribution in [3.8, 4) is 5.75 Å². The molecule has 4 nitrogen and oxygen atoms in total. The molecule has 0 N–H and O–H groups in total. The number of ether oxygens (including phenoxy) is 1. The number of carbonyl (C=O) groups is 1. The molecule has 36 heavy (non-hydrogen) atoms. The van der Waals surface area contributed by atoms with Gasteiger partial charge in [0.1, 0.15) is 23.4 Å². The molecule has 4 aromatic rings. The lowest BCUT2D eigenvalue weighted by molar-refractivity contribution is -0.120. The van der Waals surface area contributed by atoms with Crippen molar-refractivity contribution in [1.82, 2.24) is 0 Å². The van der Waals surface area contributed by atoms with Crippen LogP contribution in [0.5, 0.6) is 5.75 Å². The highest BCUT2D eigenvalue weighted by atomic mass is 16.5. The molecule has 2 atom stereocenters. The first-order chi connectivity index (χ1) is 17.7. The minimum absolute atomic E-state index is 0.159. The summed E-state index contributed by atoms with van der Waals surface area (Å²) in [6.07, 6.45) is 5.40. The van der Waals surface area contributed by atoms with Gasteiger partial charge in [-0.05, 0) is 35.6 Å². The lowest BCUT2D eigenvalue weighted by atomic mass is 9.83. The summed E-state index contributed by atoms with van der Waals surface area (Å²) in [5.41, 5.74) is 3.29. The maximum atomic E-state index is 13.1. The van der Waals surface area contributed by atoms with Crippen LogP contribution in [-0.4, -0.2) is 11.9 Å². The topological polar surface area (TPSA) is 56.5 Å². The predicted molar refractivity (Wildman–Crippen MR) is 142 cm³/mol. The fraction of sp³-hybridized carbons (Fsp3) is 0.188. The number of carbonyl (C=O) groups excluding carboxylic acids is 1. The van der Waals surface area contributed by atoms with Crippen LogP contribution in [0.15, 0.2) is 106 Å². The van der Waals surface area contributed by atoms with Gasteiger partial charge in [-0.2, -0.15) is 0 Å². The third kappa shape index (κ3) is 5.72. The van der Waals surface area contributed by atoms with Gasteiger partial charge in [-0.25, -0.2) is 4.79 Å². The smallest absolute Gasteiger partial charge is 0.343 e. The lowest BCUT2D eigenvalue weighted by Gasteiger charge is -2.31. The summed E-state index contributed by atoms with van der Waals surface area (Å²) in [7, 11) is 0. The zero-order valence-corrected chi connectivity index (χ0v) is 20.0. The van der Waals surface area contributed by atoms with Crippen LogP contribution in [-0.2, 0) is 11.2 Å². The maximum absolute atomic E-state index is 13.1. The van der Waals surface area contributed by atoms with Gasteiger partial charge < -0.3 is 9.15 Å². The van der Waals surface area contributed by atoms with Crippen molar-refractivity contribution in [3.05, 3.63) is 135 Å². The van der Waals surface area contributed by atoms with E-state index in [-0.39, 0.29) is 17.8 Å². The largest absolute Gasteiger partial charge is 0.489 e. The summed E-state index contributed by atoms with van der Waals surface area (Å²) >= 11 is 0. The summed E-state index contributed by atoms with van der Waals surface area (Å²) in [5, 5.41) is 0. The van der Waals surface area contributed by atoms with Crippen molar-refractivity contribution in [1.29, 1.82) is 0 Å². The standard InChI is InChI=1S/C32H28O4/c33-26(18-16-23-10-4-1-5-11-23)20-28-21-29(25-14-8-3-9-15-25)31-30(35-28)22-27(36-32(31)34)19-17-24-12-6-2-7-13-24/h1-15,17,19,22,28-29H,16,18,20-21H2/b19-17+/t28-,29+/m0/s1. The average molecular weight is 477 g/mol. The van der Waals surface area contributed by atoms with E-state index in [2.05, 4.69) is 0 Å². The fourth-order valence-electron chi connectivity index (χ4n) is 4.74. The van der Waals surface area contributed by atoms with E-state index >= 15 is 0 Å². The minimum atomic E-state index is -0.400. The van der Waals surface area contributed by atoms with Crippen molar-refractivity contribution in [3.63, 3.8) is 0 Å². The number of hydrogen-bond acceptors (Lipinski definition) is 4. The first kappa shape index (κ1) is 23.6. The average Bonchev–Trinajstić information content (AvgIpc) is 2.92. The molecule has 180 valence electrons. The SMILES string of the molecule is O=C(CCc1ccccc1)C[C@H]1C[C@H](c2ccccc2)c2c(cc(/C=C/c3ccccc3)oc2=O)O1. The van der Waals surface area contributed by atoms with Crippen LogP contribution >= 0.6 is 0 Å². The summed E-state index contributed by atoms with van der Waals surface area (Å²) in [4.78, 5) is 26.0. The lowest BCUT2D eigenvalue weighted by Crippen LogP contribution is -2.32. The molecule has 1 aliphatic rings. The second-order valence-electron chi connectivity index (χ2n) is 9.13. The van der Waals surface area contributed by atoms with E-state index in [9.17, 15) is 9.59 Å². The van der Waals surface area contributed by atoms with Crippen molar-refractivity contribution >= 4 is 17.9 Å². The van der Waals surface area contributed by atoms with E-state index in [1.165, 1.54) is 0 Å². The highest BCUT2D eigenvalue weighted by Crippen LogP contribution is 2.40. The van der Waals surface area contributed by atoms with E-state index < -0.39 is 5.63 Å². The number of Topliss-reactive ketones (excluding diaryl/α,β-unsaturated/α-hetero) is 1. The van der Waals surface area contributed by atoms with E-state index in [1.54, 1.807) is 12.1 Å². The molecular weight excluding hydrogens is 448 g/mol. The Morgan fingerprint density at radius 1 is 0.861 bits per heavy atom. The van der Waals surface area contributed by atoms with E-state index in [4.69, 9.17) is 9.15 Å². The normalized spacial score (nSPS) is 16.9. The van der Waals surface area contributed by atoms with Gasteiger partial charge >= 0.3 is 5.63 Å². The molecule has 0 fully saturated rings. The zero-order chi connectivity index (χ0) is 24.7. The van der Waals surface area contributed by atoms with Gasteiger partial charge in [0, 0.05) is 24.8 Å². The van der Waals surface area contributed by atoms with Crippen molar-refractivity contribution in [2.24, 2.45) is 0 Å². The molecule has 0 amide bonds. The van der Waals surface area contributed by atoms with Crippen LogP contribution in [0.25, 0.3) is 12.2 Å². The summed E-state index contributed by atoms with van der Waals surface area (Å²) in [5.74, 6) is 0.891. The molecule has 0 spiro atoms. The molecule has 4 heteroatoms. The Hall–Kier alpha value is -4.18. The van der Waals surface area contributed by atoms with Crippen LogP contribution in [0, 0.1) is 0 Å². The number of benzene rings is 3. The molecule has 1 aliphatic heterocycles. The van der Waals surface area contributed by atoms with Gasteiger partial charge in [-0.15, -0.1) is 0 Å². The van der Waals surface area contributed by atoms with Gasteiger partial charge in [-0.3, -0.25) is 4.79 Å². The predicted octanol–water partition coefficient (Wildman–Crippen LogP) is 6.69. The molecule has 0 saturated heterocycles. The Labute approximate surface area is 210 Å². The van der Waals surface area contributed by atoms with Crippen LogP contribution in [0.1, 0.15) is 53.2 Å². The highest BCUT2D eigenvalue weighted by Gasteiger charge is 2.34. The molecule has 1 aromatic heterocycles. The van der Waals surface area contributed by atoms with Crippen LogP contribution in [0.4, 0.5) is 0 Å². The van der Waals surface area contributed by atoms with E-state index in [0.29, 0.717) is 42.8 Å².